The summed E-state index contributed by atoms with van der Waals surface area (Å²) in [7, 11) is 0. The van der Waals surface area contributed by atoms with Crippen molar-refractivity contribution in [2.45, 2.75) is 19.0 Å². The molecule has 0 saturated carbocycles. The fraction of sp³-hybridized carbons (Fsp3) is 0.300. The summed E-state index contributed by atoms with van der Waals surface area (Å²) in [6, 6.07) is 11.1. The number of hydrogen-bond donors (Lipinski definition) is 2. The zero-order valence-electron chi connectivity index (χ0n) is 14.9. The Morgan fingerprint density at radius 2 is 1.79 bits per heavy atom. The molecule has 148 valence electrons. The predicted octanol–water partition coefficient (Wildman–Crippen LogP) is 4.70. The normalized spacial score (nSPS) is 17.2. The fourth-order valence-electron chi connectivity index (χ4n) is 3.19. The van der Waals surface area contributed by atoms with Crippen LogP contribution in [0.4, 0.5) is 23.7 Å². The van der Waals surface area contributed by atoms with Crippen LogP contribution in [-0.2, 0) is 11.0 Å². The monoisotopic (exact) mass is 392 g/mol. The predicted molar refractivity (Wildman–Crippen MR) is 97.8 cm³/mol. The van der Waals surface area contributed by atoms with E-state index in [4.69, 9.17) is 5.11 Å². The van der Waals surface area contributed by atoms with Gasteiger partial charge in [0, 0.05) is 18.8 Å². The lowest BCUT2D eigenvalue weighted by Gasteiger charge is -2.30. The number of alkyl halides is 3. The molecule has 2 aromatic rings. The van der Waals surface area contributed by atoms with E-state index >= 15 is 0 Å². The largest absolute Gasteiger partial charge is 0.481 e. The molecule has 3 rings (SSSR count). The first kappa shape index (κ1) is 19.7. The maximum Gasteiger partial charge on any atom is 0.416 e. The average molecular weight is 392 g/mol. The van der Waals surface area contributed by atoms with Crippen LogP contribution >= 0.6 is 0 Å². The number of carbonyl (C=O) groups is 2. The van der Waals surface area contributed by atoms with Gasteiger partial charge >= 0.3 is 18.2 Å². The molecule has 5 nitrogen and oxygen atoms in total. The highest BCUT2D eigenvalue weighted by Crippen LogP contribution is 2.32. The summed E-state index contributed by atoms with van der Waals surface area (Å²) < 4.78 is 38.6. The number of nitrogens with zero attached hydrogens (tertiary/aromatic N) is 1. The smallest absolute Gasteiger partial charge is 0.416 e. The van der Waals surface area contributed by atoms with E-state index in [1.165, 1.54) is 11.0 Å². The maximum atomic E-state index is 12.9. The van der Waals surface area contributed by atoms with Gasteiger partial charge in [-0.1, -0.05) is 24.3 Å². The number of rotatable bonds is 3. The third-order valence-electron chi connectivity index (χ3n) is 4.72. The molecular formula is C20H19F3N2O3. The Balaban J connectivity index is 1.68. The molecule has 28 heavy (non-hydrogen) atoms. The Morgan fingerprint density at radius 3 is 2.43 bits per heavy atom. The van der Waals surface area contributed by atoms with Gasteiger partial charge in [-0.05, 0) is 48.2 Å². The van der Waals surface area contributed by atoms with Gasteiger partial charge in [0.05, 0.1) is 11.5 Å². The number of carboxylic acids is 1. The molecule has 0 radical (unpaired) electrons. The molecular weight excluding hydrogens is 373 g/mol. The number of amides is 2. The van der Waals surface area contributed by atoms with E-state index in [1.807, 2.05) is 0 Å². The molecule has 0 bridgehead atoms. The van der Waals surface area contributed by atoms with Crippen molar-refractivity contribution in [3.05, 3.63) is 54.1 Å². The number of urea groups is 1. The first-order valence-electron chi connectivity index (χ1n) is 8.80. The number of halogens is 3. The van der Waals surface area contributed by atoms with E-state index in [-0.39, 0.29) is 6.54 Å². The zero-order valence-corrected chi connectivity index (χ0v) is 14.9. The molecule has 0 spiro atoms. The van der Waals surface area contributed by atoms with Gasteiger partial charge in [-0.2, -0.15) is 13.2 Å². The van der Waals surface area contributed by atoms with E-state index < -0.39 is 29.7 Å². The summed E-state index contributed by atoms with van der Waals surface area (Å²) in [4.78, 5) is 24.9. The molecule has 0 aliphatic carbocycles. The Hall–Kier alpha value is -3.03. The summed E-state index contributed by atoms with van der Waals surface area (Å²) in [6.45, 7) is 0.640. The molecule has 1 heterocycles. The topological polar surface area (TPSA) is 69.6 Å². The molecule has 1 aliphatic rings. The number of nitrogens with one attached hydrogen (secondary N) is 1. The van der Waals surface area contributed by atoms with Crippen LogP contribution in [0.2, 0.25) is 0 Å². The van der Waals surface area contributed by atoms with Crippen LogP contribution in [-0.4, -0.2) is 35.1 Å². The number of aliphatic carboxylic acids is 1. The van der Waals surface area contributed by atoms with Crippen molar-refractivity contribution in [2.75, 3.05) is 18.4 Å². The molecule has 0 aromatic heterocycles. The molecule has 1 aliphatic heterocycles. The zero-order chi connectivity index (χ0) is 20.3. The van der Waals surface area contributed by atoms with Crippen molar-refractivity contribution >= 4 is 17.7 Å². The Morgan fingerprint density at radius 1 is 1.07 bits per heavy atom. The van der Waals surface area contributed by atoms with Gasteiger partial charge in [0.2, 0.25) is 0 Å². The van der Waals surface area contributed by atoms with Crippen molar-refractivity contribution in [1.82, 2.24) is 4.90 Å². The van der Waals surface area contributed by atoms with Crippen molar-refractivity contribution in [1.29, 1.82) is 0 Å². The third kappa shape index (κ3) is 4.62. The van der Waals surface area contributed by atoms with Crippen LogP contribution in [0.5, 0.6) is 0 Å². The second-order valence-corrected chi connectivity index (χ2v) is 6.71. The van der Waals surface area contributed by atoms with Crippen molar-refractivity contribution < 1.29 is 27.9 Å². The highest BCUT2D eigenvalue weighted by Gasteiger charge is 2.30. The van der Waals surface area contributed by atoms with Crippen molar-refractivity contribution in [3.63, 3.8) is 0 Å². The molecule has 8 heteroatoms. The number of benzene rings is 2. The number of anilines is 1. The Labute approximate surface area is 159 Å². The standard InChI is InChI=1S/C20H19F3N2O3/c21-20(22,23)16-5-1-3-14(11-16)13-6-8-17(9-7-13)24-19(28)25-10-2-4-15(12-25)18(26)27/h1,3,5-9,11,15H,2,4,10,12H2,(H,24,28)(H,26,27). The quantitative estimate of drug-likeness (QED) is 0.795. The summed E-state index contributed by atoms with van der Waals surface area (Å²) in [5.74, 6) is -1.48. The Bertz CT molecular complexity index is 866. The fourth-order valence-corrected chi connectivity index (χ4v) is 3.19. The molecule has 2 amide bonds. The molecule has 1 fully saturated rings. The number of piperidine rings is 1. The van der Waals surface area contributed by atoms with Crippen LogP contribution in [0.3, 0.4) is 0 Å². The summed E-state index contributed by atoms with van der Waals surface area (Å²) >= 11 is 0. The van der Waals surface area contributed by atoms with Crippen LogP contribution in [0, 0.1) is 5.92 Å². The van der Waals surface area contributed by atoms with Crippen molar-refractivity contribution in [2.24, 2.45) is 5.92 Å². The summed E-state index contributed by atoms with van der Waals surface area (Å²) in [5, 5.41) is 11.8. The first-order valence-corrected chi connectivity index (χ1v) is 8.80. The second-order valence-electron chi connectivity index (χ2n) is 6.71. The number of likely N-dealkylation sites (tertiary alicyclic amines) is 1. The van der Waals surface area contributed by atoms with E-state index in [0.29, 0.717) is 36.2 Å². The van der Waals surface area contributed by atoms with Gasteiger partial charge in [0.25, 0.3) is 0 Å². The van der Waals surface area contributed by atoms with Crippen LogP contribution < -0.4 is 5.32 Å². The highest BCUT2D eigenvalue weighted by molar-refractivity contribution is 5.90. The van der Waals surface area contributed by atoms with Crippen LogP contribution in [0.1, 0.15) is 18.4 Å². The summed E-state index contributed by atoms with van der Waals surface area (Å²) in [5.41, 5.74) is 0.777. The lowest BCUT2D eigenvalue weighted by molar-refractivity contribution is -0.143. The average Bonchev–Trinajstić information content (AvgIpc) is 2.68. The van der Waals surface area contributed by atoms with E-state index in [0.717, 1.165) is 12.1 Å². The lowest BCUT2D eigenvalue weighted by Crippen LogP contribution is -2.44. The minimum Gasteiger partial charge on any atom is -0.481 e. The minimum absolute atomic E-state index is 0.156. The highest BCUT2D eigenvalue weighted by atomic mass is 19.4. The van der Waals surface area contributed by atoms with Gasteiger partial charge in [-0.25, -0.2) is 4.79 Å². The van der Waals surface area contributed by atoms with Crippen LogP contribution in [0.15, 0.2) is 48.5 Å². The molecule has 1 unspecified atom stereocenters. The molecule has 2 N–H and O–H groups in total. The van der Waals surface area contributed by atoms with Gasteiger partial charge in [0.15, 0.2) is 0 Å². The maximum absolute atomic E-state index is 12.9. The van der Waals surface area contributed by atoms with Gasteiger partial charge in [0.1, 0.15) is 0 Å². The number of carbonyl (C=O) groups excluding carboxylic acids is 1. The Kier molecular flexibility index (Phi) is 5.58. The first-order chi connectivity index (χ1) is 13.2. The van der Waals surface area contributed by atoms with Gasteiger partial charge in [-0.3, -0.25) is 4.79 Å². The van der Waals surface area contributed by atoms with E-state index in [1.54, 1.807) is 30.3 Å². The minimum atomic E-state index is -4.41. The second kappa shape index (κ2) is 7.92. The van der Waals surface area contributed by atoms with E-state index in [2.05, 4.69) is 5.32 Å². The lowest BCUT2D eigenvalue weighted by atomic mass is 9.99. The summed E-state index contributed by atoms with van der Waals surface area (Å²) in [6.07, 6.45) is -3.24. The van der Waals surface area contributed by atoms with Crippen molar-refractivity contribution in [3.8, 4) is 11.1 Å². The molecule has 2 aromatic carbocycles. The van der Waals surface area contributed by atoms with Gasteiger partial charge in [-0.15, -0.1) is 0 Å². The van der Waals surface area contributed by atoms with Crippen LogP contribution in [0.25, 0.3) is 11.1 Å². The number of carboxylic acid groups (broad SMARTS) is 1. The SMILES string of the molecule is O=C(O)C1CCCN(C(=O)Nc2ccc(-c3cccc(C(F)(F)F)c3)cc2)C1. The molecule has 1 saturated heterocycles. The molecule has 1 atom stereocenters. The number of hydrogen-bond acceptors (Lipinski definition) is 2. The third-order valence-corrected chi connectivity index (χ3v) is 4.72. The van der Waals surface area contributed by atoms with E-state index in [9.17, 15) is 22.8 Å². The van der Waals surface area contributed by atoms with Gasteiger partial charge < -0.3 is 15.3 Å².